The number of benzene rings is 2. The highest BCUT2D eigenvalue weighted by molar-refractivity contribution is 5.93. The molecule has 4 heteroatoms. The summed E-state index contributed by atoms with van der Waals surface area (Å²) in [6.45, 7) is 4.83. The molecular weight excluding hydrogens is 264 g/mol. The van der Waals surface area contributed by atoms with Gasteiger partial charge in [0.25, 0.3) is 0 Å². The highest BCUT2D eigenvalue weighted by atomic mass is 16.5. The van der Waals surface area contributed by atoms with Crippen molar-refractivity contribution in [3.05, 3.63) is 54.1 Å². The summed E-state index contributed by atoms with van der Waals surface area (Å²) in [4.78, 5) is 11.8. The van der Waals surface area contributed by atoms with Crippen molar-refractivity contribution in [2.24, 2.45) is 0 Å². The summed E-state index contributed by atoms with van der Waals surface area (Å²) >= 11 is 0. The number of rotatable bonds is 6. The zero-order valence-corrected chi connectivity index (χ0v) is 12.3. The molecule has 2 aromatic carbocycles. The summed E-state index contributed by atoms with van der Waals surface area (Å²) in [6, 6.07) is 15.3. The van der Waals surface area contributed by atoms with Gasteiger partial charge in [0.1, 0.15) is 5.75 Å². The number of aryl methyl sites for hydroxylation is 1. The Hall–Kier alpha value is -2.49. The Morgan fingerprint density at radius 1 is 1.00 bits per heavy atom. The molecule has 2 aromatic rings. The standard InChI is InChI=1S/C17H20N2O2/c1-3-21-16-10-8-14(9-11-16)18-12-17(20)19-15-6-4-13(2)5-7-15/h4-11,18H,3,12H2,1-2H3,(H,19,20). The van der Waals surface area contributed by atoms with Crippen LogP contribution in [-0.4, -0.2) is 19.1 Å². The van der Waals surface area contributed by atoms with E-state index in [0.717, 1.165) is 17.1 Å². The largest absolute Gasteiger partial charge is 0.494 e. The molecule has 21 heavy (non-hydrogen) atoms. The van der Waals surface area contributed by atoms with Crippen LogP contribution in [-0.2, 0) is 4.79 Å². The van der Waals surface area contributed by atoms with Crippen LogP contribution in [0, 0.1) is 6.92 Å². The molecule has 0 aromatic heterocycles. The second-order valence-electron chi connectivity index (χ2n) is 4.73. The summed E-state index contributed by atoms with van der Waals surface area (Å²) in [5, 5.41) is 5.92. The molecule has 2 rings (SSSR count). The van der Waals surface area contributed by atoms with Gasteiger partial charge in [0.05, 0.1) is 13.2 Å². The van der Waals surface area contributed by atoms with E-state index in [9.17, 15) is 4.79 Å². The topological polar surface area (TPSA) is 50.4 Å². The Bertz CT molecular complexity index is 577. The molecule has 1 amide bonds. The van der Waals surface area contributed by atoms with Crippen molar-refractivity contribution < 1.29 is 9.53 Å². The van der Waals surface area contributed by atoms with Gasteiger partial charge in [-0.05, 0) is 50.2 Å². The van der Waals surface area contributed by atoms with Gasteiger partial charge in [0, 0.05) is 11.4 Å². The highest BCUT2D eigenvalue weighted by Gasteiger charge is 2.02. The van der Waals surface area contributed by atoms with Crippen molar-refractivity contribution in [3.63, 3.8) is 0 Å². The molecule has 110 valence electrons. The first kappa shape index (κ1) is 14.9. The van der Waals surface area contributed by atoms with Gasteiger partial charge in [-0.15, -0.1) is 0 Å². The predicted molar refractivity (Wildman–Crippen MR) is 85.9 cm³/mol. The Morgan fingerprint density at radius 2 is 1.62 bits per heavy atom. The van der Waals surface area contributed by atoms with Gasteiger partial charge in [0.2, 0.25) is 5.91 Å². The summed E-state index contributed by atoms with van der Waals surface area (Å²) in [5.41, 5.74) is 2.86. The smallest absolute Gasteiger partial charge is 0.243 e. The molecule has 0 unspecified atom stereocenters. The first-order valence-corrected chi connectivity index (χ1v) is 7.00. The monoisotopic (exact) mass is 284 g/mol. The van der Waals surface area contributed by atoms with Gasteiger partial charge in [-0.1, -0.05) is 17.7 Å². The van der Waals surface area contributed by atoms with Gasteiger partial charge in [-0.25, -0.2) is 0 Å². The average Bonchev–Trinajstić information content (AvgIpc) is 2.49. The molecule has 0 spiro atoms. The quantitative estimate of drug-likeness (QED) is 0.854. The second kappa shape index (κ2) is 7.33. The number of nitrogens with one attached hydrogen (secondary N) is 2. The number of hydrogen-bond donors (Lipinski definition) is 2. The van der Waals surface area contributed by atoms with Gasteiger partial charge in [0.15, 0.2) is 0 Å². The lowest BCUT2D eigenvalue weighted by molar-refractivity contribution is -0.114. The fraction of sp³-hybridized carbons (Fsp3) is 0.235. The fourth-order valence-electron chi connectivity index (χ4n) is 1.86. The molecule has 4 nitrogen and oxygen atoms in total. The number of ether oxygens (including phenoxy) is 1. The normalized spacial score (nSPS) is 10.0. The number of amides is 1. The van der Waals surface area contributed by atoms with Crippen LogP contribution in [0.2, 0.25) is 0 Å². The summed E-state index contributed by atoms with van der Waals surface area (Å²) in [5.74, 6) is 0.750. The Morgan fingerprint density at radius 3 is 2.24 bits per heavy atom. The van der Waals surface area contributed by atoms with Crippen LogP contribution >= 0.6 is 0 Å². The molecule has 0 radical (unpaired) electrons. The zero-order chi connectivity index (χ0) is 15.1. The SMILES string of the molecule is CCOc1ccc(NCC(=O)Nc2ccc(C)cc2)cc1. The Kier molecular flexibility index (Phi) is 5.21. The molecule has 0 aliphatic carbocycles. The molecule has 0 aliphatic heterocycles. The summed E-state index contributed by atoms with van der Waals surface area (Å²) in [6.07, 6.45) is 0. The summed E-state index contributed by atoms with van der Waals surface area (Å²) < 4.78 is 5.37. The van der Waals surface area contributed by atoms with E-state index < -0.39 is 0 Å². The van der Waals surface area contributed by atoms with E-state index >= 15 is 0 Å². The molecule has 0 bridgehead atoms. The fourth-order valence-corrected chi connectivity index (χ4v) is 1.86. The van der Waals surface area contributed by atoms with Crippen molar-refractivity contribution in [1.82, 2.24) is 0 Å². The minimum absolute atomic E-state index is 0.0762. The van der Waals surface area contributed by atoms with Crippen LogP contribution in [0.5, 0.6) is 5.75 Å². The molecular formula is C17H20N2O2. The molecule has 2 N–H and O–H groups in total. The van der Waals surface area contributed by atoms with E-state index in [0.29, 0.717) is 6.61 Å². The van der Waals surface area contributed by atoms with Gasteiger partial charge < -0.3 is 15.4 Å². The van der Waals surface area contributed by atoms with E-state index in [1.54, 1.807) is 0 Å². The van der Waals surface area contributed by atoms with Crippen LogP contribution in [0.3, 0.4) is 0 Å². The van der Waals surface area contributed by atoms with Crippen LogP contribution in [0.15, 0.2) is 48.5 Å². The molecule has 0 atom stereocenters. The first-order valence-electron chi connectivity index (χ1n) is 7.00. The third-order valence-electron chi connectivity index (χ3n) is 2.95. The Balaban J connectivity index is 1.81. The second-order valence-corrected chi connectivity index (χ2v) is 4.73. The Labute approximate surface area is 125 Å². The molecule has 0 fully saturated rings. The van der Waals surface area contributed by atoms with Crippen LogP contribution in [0.25, 0.3) is 0 Å². The van der Waals surface area contributed by atoms with Crippen molar-refractivity contribution in [3.8, 4) is 5.75 Å². The number of carbonyl (C=O) groups excluding carboxylic acids is 1. The summed E-state index contributed by atoms with van der Waals surface area (Å²) in [7, 11) is 0. The maximum atomic E-state index is 11.8. The maximum Gasteiger partial charge on any atom is 0.243 e. The minimum Gasteiger partial charge on any atom is -0.494 e. The molecule has 0 heterocycles. The van der Waals surface area contributed by atoms with Crippen LogP contribution in [0.1, 0.15) is 12.5 Å². The van der Waals surface area contributed by atoms with E-state index in [-0.39, 0.29) is 12.5 Å². The lowest BCUT2D eigenvalue weighted by Crippen LogP contribution is -2.21. The van der Waals surface area contributed by atoms with E-state index in [1.165, 1.54) is 5.56 Å². The van der Waals surface area contributed by atoms with E-state index in [2.05, 4.69) is 10.6 Å². The van der Waals surface area contributed by atoms with Crippen molar-refractivity contribution >= 4 is 17.3 Å². The minimum atomic E-state index is -0.0762. The lowest BCUT2D eigenvalue weighted by Gasteiger charge is -2.09. The lowest BCUT2D eigenvalue weighted by atomic mass is 10.2. The van der Waals surface area contributed by atoms with E-state index in [4.69, 9.17) is 4.74 Å². The van der Waals surface area contributed by atoms with Gasteiger partial charge in [-0.3, -0.25) is 4.79 Å². The van der Waals surface area contributed by atoms with Crippen LogP contribution in [0.4, 0.5) is 11.4 Å². The third-order valence-corrected chi connectivity index (χ3v) is 2.95. The molecule has 0 saturated carbocycles. The van der Waals surface area contributed by atoms with Crippen molar-refractivity contribution in [1.29, 1.82) is 0 Å². The maximum absolute atomic E-state index is 11.8. The van der Waals surface area contributed by atoms with Crippen molar-refractivity contribution in [2.45, 2.75) is 13.8 Å². The first-order chi connectivity index (χ1) is 10.2. The highest BCUT2D eigenvalue weighted by Crippen LogP contribution is 2.15. The number of hydrogen-bond acceptors (Lipinski definition) is 3. The van der Waals surface area contributed by atoms with Gasteiger partial charge >= 0.3 is 0 Å². The average molecular weight is 284 g/mol. The van der Waals surface area contributed by atoms with E-state index in [1.807, 2.05) is 62.4 Å². The third kappa shape index (κ3) is 4.84. The van der Waals surface area contributed by atoms with Crippen molar-refractivity contribution in [2.75, 3.05) is 23.8 Å². The number of anilines is 2. The molecule has 0 aliphatic rings. The number of carbonyl (C=O) groups is 1. The molecule has 0 saturated heterocycles. The zero-order valence-electron chi connectivity index (χ0n) is 12.3. The van der Waals surface area contributed by atoms with Crippen LogP contribution < -0.4 is 15.4 Å². The predicted octanol–water partition coefficient (Wildman–Crippen LogP) is 3.44. The van der Waals surface area contributed by atoms with Gasteiger partial charge in [-0.2, -0.15) is 0 Å².